The first kappa shape index (κ1) is 12.1. The van der Waals surface area contributed by atoms with Crippen LogP contribution >= 0.6 is 0 Å². The van der Waals surface area contributed by atoms with Gasteiger partial charge < -0.3 is 15.1 Å². The molecule has 1 aliphatic heterocycles. The fourth-order valence-corrected chi connectivity index (χ4v) is 2.08. The molecule has 2 rings (SSSR count). The van der Waals surface area contributed by atoms with E-state index in [0.717, 1.165) is 26.2 Å². The van der Waals surface area contributed by atoms with Crippen molar-refractivity contribution in [3.8, 4) is 0 Å². The largest absolute Gasteiger partial charge is 0.472 e. The molecular weight excluding hydrogens is 218 g/mol. The number of nitrogens with zero attached hydrogens (tertiary/aromatic N) is 2. The van der Waals surface area contributed by atoms with Gasteiger partial charge >= 0.3 is 0 Å². The van der Waals surface area contributed by atoms with E-state index in [1.54, 1.807) is 6.07 Å². The van der Waals surface area contributed by atoms with Crippen LogP contribution in [0.5, 0.6) is 0 Å². The lowest BCUT2D eigenvalue weighted by atomic mass is 10.2. The summed E-state index contributed by atoms with van der Waals surface area (Å²) in [6, 6.07) is 2.10. The third kappa shape index (κ3) is 2.68. The third-order valence-electron chi connectivity index (χ3n) is 3.33. The van der Waals surface area contributed by atoms with Crippen LogP contribution in [-0.4, -0.2) is 54.5 Å². The van der Waals surface area contributed by atoms with E-state index in [1.807, 2.05) is 4.90 Å². The van der Waals surface area contributed by atoms with Crippen LogP contribution in [0.4, 0.5) is 0 Å². The summed E-state index contributed by atoms with van der Waals surface area (Å²) in [5, 5.41) is 0. The topological polar surface area (TPSA) is 62.7 Å². The van der Waals surface area contributed by atoms with Crippen LogP contribution in [-0.2, 0) is 0 Å². The maximum absolute atomic E-state index is 12.0. The standard InChI is InChI=1S/C12H19N3O2/c1-10(8-13)14-3-5-15(6-4-14)12(16)11-2-7-17-9-11/h2,7,9-10H,3-6,8,13H2,1H3. The van der Waals surface area contributed by atoms with Crippen LogP contribution in [0.2, 0.25) is 0 Å². The van der Waals surface area contributed by atoms with Crippen molar-refractivity contribution < 1.29 is 9.21 Å². The molecule has 0 spiro atoms. The monoisotopic (exact) mass is 237 g/mol. The molecule has 0 saturated carbocycles. The number of carbonyl (C=O) groups excluding carboxylic acids is 1. The highest BCUT2D eigenvalue weighted by Crippen LogP contribution is 2.10. The van der Waals surface area contributed by atoms with Gasteiger partial charge in [-0.25, -0.2) is 0 Å². The number of amides is 1. The highest BCUT2D eigenvalue weighted by Gasteiger charge is 2.24. The molecule has 1 saturated heterocycles. The van der Waals surface area contributed by atoms with Crippen LogP contribution in [0.3, 0.4) is 0 Å². The van der Waals surface area contributed by atoms with Gasteiger partial charge in [-0.15, -0.1) is 0 Å². The molecule has 0 radical (unpaired) electrons. The van der Waals surface area contributed by atoms with Crippen molar-refractivity contribution in [1.82, 2.24) is 9.80 Å². The van der Waals surface area contributed by atoms with Crippen LogP contribution in [0.1, 0.15) is 17.3 Å². The number of hydrogen-bond acceptors (Lipinski definition) is 4. The van der Waals surface area contributed by atoms with Gasteiger partial charge in [0.1, 0.15) is 6.26 Å². The summed E-state index contributed by atoms with van der Waals surface area (Å²) in [6.07, 6.45) is 3.02. The number of furan rings is 1. The van der Waals surface area contributed by atoms with Crippen molar-refractivity contribution in [1.29, 1.82) is 0 Å². The second-order valence-corrected chi connectivity index (χ2v) is 4.42. The van der Waals surface area contributed by atoms with Gasteiger partial charge in [0, 0.05) is 38.8 Å². The molecule has 0 aliphatic carbocycles. The summed E-state index contributed by atoms with van der Waals surface area (Å²) in [7, 11) is 0. The Morgan fingerprint density at radius 2 is 2.18 bits per heavy atom. The first-order chi connectivity index (χ1) is 8.22. The minimum absolute atomic E-state index is 0.0544. The normalized spacial score (nSPS) is 19.3. The molecule has 1 aromatic heterocycles. The Morgan fingerprint density at radius 1 is 1.47 bits per heavy atom. The molecule has 2 heterocycles. The Morgan fingerprint density at radius 3 is 2.71 bits per heavy atom. The number of hydrogen-bond donors (Lipinski definition) is 1. The molecule has 0 aromatic carbocycles. The molecule has 5 nitrogen and oxygen atoms in total. The maximum atomic E-state index is 12.0. The van der Waals surface area contributed by atoms with E-state index in [1.165, 1.54) is 12.5 Å². The fraction of sp³-hybridized carbons (Fsp3) is 0.583. The average molecular weight is 237 g/mol. The van der Waals surface area contributed by atoms with Crippen LogP contribution in [0.25, 0.3) is 0 Å². The highest BCUT2D eigenvalue weighted by molar-refractivity contribution is 5.93. The predicted octanol–water partition coefficient (Wildman–Crippen LogP) is 0.385. The van der Waals surface area contributed by atoms with Crippen LogP contribution in [0.15, 0.2) is 23.0 Å². The van der Waals surface area contributed by atoms with Gasteiger partial charge in [0.2, 0.25) is 0 Å². The van der Waals surface area contributed by atoms with E-state index in [4.69, 9.17) is 10.2 Å². The van der Waals surface area contributed by atoms with Gasteiger partial charge in [-0.05, 0) is 13.0 Å². The molecule has 2 N–H and O–H groups in total. The lowest BCUT2D eigenvalue weighted by molar-refractivity contribution is 0.0588. The van der Waals surface area contributed by atoms with Crippen molar-refractivity contribution >= 4 is 5.91 Å². The quantitative estimate of drug-likeness (QED) is 0.825. The maximum Gasteiger partial charge on any atom is 0.257 e. The molecule has 17 heavy (non-hydrogen) atoms. The molecular formula is C12H19N3O2. The van der Waals surface area contributed by atoms with Crippen molar-refractivity contribution in [2.45, 2.75) is 13.0 Å². The number of carbonyl (C=O) groups is 1. The molecule has 1 fully saturated rings. The summed E-state index contributed by atoms with van der Waals surface area (Å²) >= 11 is 0. The van der Waals surface area contributed by atoms with Crippen LogP contribution < -0.4 is 5.73 Å². The van der Waals surface area contributed by atoms with E-state index in [0.29, 0.717) is 18.2 Å². The fourth-order valence-electron chi connectivity index (χ4n) is 2.08. The molecule has 1 amide bonds. The van der Waals surface area contributed by atoms with Crippen molar-refractivity contribution in [3.05, 3.63) is 24.2 Å². The van der Waals surface area contributed by atoms with Gasteiger partial charge in [0.15, 0.2) is 0 Å². The Kier molecular flexibility index (Phi) is 3.81. The Labute approximate surface area is 101 Å². The molecule has 1 aliphatic rings. The molecule has 1 unspecified atom stereocenters. The van der Waals surface area contributed by atoms with E-state index in [2.05, 4.69) is 11.8 Å². The Hall–Kier alpha value is -1.33. The van der Waals surface area contributed by atoms with E-state index in [9.17, 15) is 4.79 Å². The zero-order valence-electron chi connectivity index (χ0n) is 10.1. The van der Waals surface area contributed by atoms with E-state index in [-0.39, 0.29) is 5.91 Å². The predicted molar refractivity (Wildman–Crippen MR) is 64.7 cm³/mol. The lowest BCUT2D eigenvalue weighted by Crippen LogP contribution is -2.52. The van der Waals surface area contributed by atoms with Crippen molar-refractivity contribution in [2.75, 3.05) is 32.7 Å². The zero-order valence-corrected chi connectivity index (χ0v) is 10.1. The molecule has 1 aromatic rings. The summed E-state index contributed by atoms with van der Waals surface area (Å²) in [5.41, 5.74) is 6.27. The second kappa shape index (κ2) is 5.33. The summed E-state index contributed by atoms with van der Waals surface area (Å²) < 4.78 is 4.93. The summed E-state index contributed by atoms with van der Waals surface area (Å²) in [4.78, 5) is 16.2. The average Bonchev–Trinajstić information content (AvgIpc) is 2.91. The first-order valence-electron chi connectivity index (χ1n) is 5.98. The van der Waals surface area contributed by atoms with Crippen LogP contribution in [0, 0.1) is 0 Å². The minimum Gasteiger partial charge on any atom is -0.472 e. The highest BCUT2D eigenvalue weighted by atomic mass is 16.3. The molecule has 94 valence electrons. The van der Waals surface area contributed by atoms with Gasteiger partial charge in [-0.1, -0.05) is 0 Å². The van der Waals surface area contributed by atoms with E-state index < -0.39 is 0 Å². The molecule has 0 bridgehead atoms. The SMILES string of the molecule is CC(CN)N1CCN(C(=O)c2ccoc2)CC1. The Balaban J connectivity index is 1.89. The molecule has 5 heteroatoms. The van der Waals surface area contributed by atoms with E-state index >= 15 is 0 Å². The number of piperazine rings is 1. The third-order valence-corrected chi connectivity index (χ3v) is 3.33. The number of rotatable bonds is 3. The Bertz CT molecular complexity index is 356. The number of nitrogens with two attached hydrogens (primary N) is 1. The van der Waals surface area contributed by atoms with Gasteiger partial charge in [0.05, 0.1) is 11.8 Å². The van der Waals surface area contributed by atoms with Crippen molar-refractivity contribution in [3.63, 3.8) is 0 Å². The summed E-state index contributed by atoms with van der Waals surface area (Å²) in [6.45, 7) is 6.08. The van der Waals surface area contributed by atoms with Gasteiger partial charge in [-0.3, -0.25) is 9.69 Å². The smallest absolute Gasteiger partial charge is 0.257 e. The summed E-state index contributed by atoms with van der Waals surface area (Å²) in [5.74, 6) is 0.0544. The second-order valence-electron chi connectivity index (χ2n) is 4.42. The lowest BCUT2D eigenvalue weighted by Gasteiger charge is -2.37. The first-order valence-corrected chi connectivity index (χ1v) is 5.98. The van der Waals surface area contributed by atoms with Gasteiger partial charge in [-0.2, -0.15) is 0 Å². The molecule has 1 atom stereocenters. The zero-order chi connectivity index (χ0) is 12.3. The minimum atomic E-state index is 0.0544. The van der Waals surface area contributed by atoms with Crippen molar-refractivity contribution in [2.24, 2.45) is 5.73 Å². The van der Waals surface area contributed by atoms with Gasteiger partial charge in [0.25, 0.3) is 5.91 Å².